The van der Waals surface area contributed by atoms with E-state index in [1.165, 1.54) is 0 Å². The molecule has 0 aliphatic heterocycles. The highest BCUT2D eigenvalue weighted by atomic mass is 16.4. The summed E-state index contributed by atoms with van der Waals surface area (Å²) in [5.41, 5.74) is 8.29. The molecule has 0 amide bonds. The lowest BCUT2D eigenvalue weighted by Crippen LogP contribution is -2.00. The van der Waals surface area contributed by atoms with E-state index in [0.29, 0.717) is 23.9 Å². The van der Waals surface area contributed by atoms with E-state index in [2.05, 4.69) is 4.98 Å². The summed E-state index contributed by atoms with van der Waals surface area (Å²) < 4.78 is 5.30. The van der Waals surface area contributed by atoms with E-state index < -0.39 is 0 Å². The van der Waals surface area contributed by atoms with E-state index in [0.717, 1.165) is 0 Å². The molecule has 4 nitrogen and oxygen atoms in total. The van der Waals surface area contributed by atoms with Gasteiger partial charge >= 0.3 is 0 Å². The Bertz CT molecular complexity index is 443. The second kappa shape index (κ2) is 4.23. The van der Waals surface area contributed by atoms with E-state index in [4.69, 9.17) is 10.2 Å². The zero-order valence-electron chi connectivity index (χ0n) is 8.19. The number of para-hydroxylation sites is 2. The van der Waals surface area contributed by atoms with Gasteiger partial charge in [-0.25, -0.2) is 4.98 Å². The second-order valence-electron chi connectivity index (χ2n) is 3.26. The predicted octanol–water partition coefficient (Wildman–Crippen LogP) is 2.07. The number of carbonyl (C=O) groups excluding carboxylic acids is 1. The minimum absolute atomic E-state index is 0.126. The van der Waals surface area contributed by atoms with Crippen molar-refractivity contribution < 1.29 is 9.21 Å². The third kappa shape index (κ3) is 2.05. The molecule has 0 bridgehead atoms. The van der Waals surface area contributed by atoms with E-state index >= 15 is 0 Å². The summed E-state index contributed by atoms with van der Waals surface area (Å²) in [6.07, 6.45) is 0.883. The van der Waals surface area contributed by atoms with Crippen LogP contribution in [0.15, 0.2) is 28.7 Å². The summed E-state index contributed by atoms with van der Waals surface area (Å²) in [5.74, 6) is 0.0306. The Hall–Kier alpha value is -1.68. The van der Waals surface area contributed by atoms with Crippen LogP contribution < -0.4 is 5.73 Å². The molecule has 1 aromatic heterocycles. The summed E-state index contributed by atoms with van der Waals surface area (Å²) in [6, 6.07) is 7.28. The van der Waals surface area contributed by atoms with Gasteiger partial charge in [-0.3, -0.25) is 10.5 Å². The van der Waals surface area contributed by atoms with Gasteiger partial charge in [0.05, 0.1) is 0 Å². The van der Waals surface area contributed by atoms with Gasteiger partial charge in [0.2, 0.25) is 5.78 Å². The minimum atomic E-state index is -0.126. The number of nitrogens with zero attached hydrogens (tertiary/aromatic N) is 1. The van der Waals surface area contributed by atoms with Gasteiger partial charge < -0.3 is 4.42 Å². The largest absolute Gasteiger partial charge is 0.434 e. The highest BCUT2D eigenvalue weighted by Gasteiger charge is 2.12. The lowest BCUT2D eigenvalue weighted by molar-refractivity contribution is 0.0949. The van der Waals surface area contributed by atoms with Crippen LogP contribution in [0.25, 0.3) is 11.1 Å². The van der Waals surface area contributed by atoms with E-state index in [-0.39, 0.29) is 18.2 Å². The Balaban J connectivity index is 2.25. The Labute approximate surface area is 87.1 Å². The Morgan fingerprint density at radius 3 is 2.93 bits per heavy atom. The molecule has 0 aliphatic carbocycles. The lowest BCUT2D eigenvalue weighted by Gasteiger charge is -1.91. The highest BCUT2D eigenvalue weighted by Crippen LogP contribution is 2.15. The number of benzene rings is 1. The van der Waals surface area contributed by atoms with Gasteiger partial charge in [-0.2, -0.15) is 0 Å². The normalized spacial score (nSPS) is 10.7. The molecule has 77 valence electrons. The molecule has 0 aliphatic rings. The molecule has 0 saturated heterocycles. The molecule has 1 N–H and O–H groups in total. The molecule has 15 heavy (non-hydrogen) atoms. The Morgan fingerprint density at radius 2 is 2.20 bits per heavy atom. The number of Topliss-reactive ketones (excluding diaryl/α,β-unsaturated/α-hetero) is 1. The number of aromatic nitrogens is 1. The van der Waals surface area contributed by atoms with Crippen molar-refractivity contribution >= 4 is 16.9 Å². The first-order valence-electron chi connectivity index (χ1n) is 4.84. The van der Waals surface area contributed by atoms with E-state index in [1.54, 1.807) is 12.1 Å². The molecule has 0 atom stereocenters. The zero-order chi connectivity index (χ0) is 10.7. The van der Waals surface area contributed by atoms with Crippen LogP contribution >= 0.6 is 0 Å². The van der Waals surface area contributed by atoms with Crippen LogP contribution in [-0.2, 0) is 0 Å². The van der Waals surface area contributed by atoms with Crippen molar-refractivity contribution in [3.05, 3.63) is 30.2 Å². The highest BCUT2D eigenvalue weighted by molar-refractivity contribution is 5.94. The van der Waals surface area contributed by atoms with Gasteiger partial charge in [0.15, 0.2) is 5.58 Å². The monoisotopic (exact) mass is 203 g/mol. The fourth-order valence-electron chi connectivity index (χ4n) is 1.35. The predicted molar refractivity (Wildman–Crippen MR) is 55.5 cm³/mol. The third-order valence-electron chi connectivity index (χ3n) is 2.11. The number of ketones is 1. The minimum Gasteiger partial charge on any atom is -0.434 e. The van der Waals surface area contributed by atoms with Crippen LogP contribution in [0.2, 0.25) is 0 Å². The van der Waals surface area contributed by atoms with Gasteiger partial charge in [-0.05, 0) is 18.6 Å². The van der Waals surface area contributed by atoms with Crippen LogP contribution in [0.1, 0.15) is 23.5 Å². The lowest BCUT2D eigenvalue weighted by atomic mass is 10.2. The number of carbonyl (C=O) groups is 1. The fourth-order valence-corrected chi connectivity index (χ4v) is 1.35. The van der Waals surface area contributed by atoms with Crippen LogP contribution in [0, 0.1) is 0 Å². The molecule has 0 fully saturated rings. The smallest absolute Gasteiger partial charge is 0.264 e. The van der Waals surface area contributed by atoms with Crippen molar-refractivity contribution in [3.8, 4) is 0 Å². The fraction of sp³-hybridized carbons (Fsp3) is 0.273. The molecule has 0 spiro atoms. The van der Waals surface area contributed by atoms with Crippen molar-refractivity contribution in [2.24, 2.45) is 0 Å². The first-order valence-corrected chi connectivity index (χ1v) is 4.84. The maximum Gasteiger partial charge on any atom is 0.264 e. The number of nitrogens with one attached hydrogen (secondary N) is 1. The zero-order valence-corrected chi connectivity index (χ0v) is 8.19. The number of oxazole rings is 1. The molecule has 1 heterocycles. The third-order valence-corrected chi connectivity index (χ3v) is 2.11. The average Bonchev–Trinajstić information content (AvgIpc) is 2.69. The van der Waals surface area contributed by atoms with Crippen molar-refractivity contribution in [3.63, 3.8) is 0 Å². The molecule has 1 radical (unpaired) electrons. The first-order chi connectivity index (χ1) is 7.31. The van der Waals surface area contributed by atoms with Gasteiger partial charge in [0.1, 0.15) is 5.52 Å². The molecular formula is C11H11N2O2. The average molecular weight is 203 g/mol. The summed E-state index contributed by atoms with van der Waals surface area (Å²) in [5, 5.41) is 0. The quantitative estimate of drug-likeness (QED) is 0.714. The van der Waals surface area contributed by atoms with Crippen molar-refractivity contribution in [2.75, 3.05) is 6.54 Å². The van der Waals surface area contributed by atoms with Crippen LogP contribution in [-0.4, -0.2) is 17.3 Å². The molecule has 4 heteroatoms. The maximum absolute atomic E-state index is 11.5. The number of hydrogen-bond acceptors (Lipinski definition) is 3. The summed E-state index contributed by atoms with van der Waals surface area (Å²) in [6.45, 7) is 0.256. The summed E-state index contributed by atoms with van der Waals surface area (Å²) in [4.78, 5) is 15.6. The number of rotatable bonds is 4. The Kier molecular flexibility index (Phi) is 2.78. The summed E-state index contributed by atoms with van der Waals surface area (Å²) >= 11 is 0. The van der Waals surface area contributed by atoms with Crippen LogP contribution in [0.4, 0.5) is 0 Å². The number of fused-ring (bicyclic) bond motifs is 1. The SMILES string of the molecule is [NH]CCCC(=O)c1nc2ccccc2o1. The van der Waals surface area contributed by atoms with Crippen molar-refractivity contribution in [1.29, 1.82) is 0 Å². The van der Waals surface area contributed by atoms with Crippen molar-refractivity contribution in [1.82, 2.24) is 10.7 Å². The second-order valence-corrected chi connectivity index (χ2v) is 3.26. The molecule has 2 rings (SSSR count). The van der Waals surface area contributed by atoms with Gasteiger partial charge in [0, 0.05) is 13.0 Å². The number of hydrogen-bond donors (Lipinski definition) is 0. The van der Waals surface area contributed by atoms with Crippen LogP contribution in [0.5, 0.6) is 0 Å². The van der Waals surface area contributed by atoms with E-state index in [9.17, 15) is 4.79 Å². The van der Waals surface area contributed by atoms with Gasteiger partial charge in [-0.15, -0.1) is 0 Å². The standard InChI is InChI=1S/C11H11N2O2/c12-7-3-5-9(14)11-13-8-4-1-2-6-10(8)15-11/h1-2,4,6,12H,3,5,7H2. The molecular weight excluding hydrogens is 192 g/mol. The van der Waals surface area contributed by atoms with E-state index in [1.807, 2.05) is 12.1 Å². The van der Waals surface area contributed by atoms with Gasteiger partial charge in [0.25, 0.3) is 5.89 Å². The molecule has 0 unspecified atom stereocenters. The first kappa shape index (κ1) is 9.86. The van der Waals surface area contributed by atoms with Gasteiger partial charge in [-0.1, -0.05) is 12.1 Å². The molecule has 1 aromatic carbocycles. The topological polar surface area (TPSA) is 66.9 Å². The van der Waals surface area contributed by atoms with Crippen LogP contribution in [0.3, 0.4) is 0 Å². The van der Waals surface area contributed by atoms with Crippen molar-refractivity contribution in [2.45, 2.75) is 12.8 Å². The maximum atomic E-state index is 11.5. The Morgan fingerprint density at radius 1 is 1.40 bits per heavy atom. The molecule has 0 saturated carbocycles. The molecule has 2 aromatic rings. The summed E-state index contributed by atoms with van der Waals surface area (Å²) in [7, 11) is 0.